The summed E-state index contributed by atoms with van der Waals surface area (Å²) in [6, 6.07) is 0. The Labute approximate surface area is 109 Å². The second-order valence-electron chi connectivity index (χ2n) is 4.23. The normalized spacial score (nSPS) is 18.5. The molecule has 0 aromatic carbocycles. The zero-order chi connectivity index (χ0) is 12.6. The third kappa shape index (κ3) is 4.76. The van der Waals surface area contributed by atoms with Gasteiger partial charge in [-0.1, -0.05) is 0 Å². The molecule has 0 atom stereocenters. The van der Waals surface area contributed by atoms with Crippen LogP contribution in [0, 0.1) is 0 Å². The van der Waals surface area contributed by atoms with Crippen molar-refractivity contribution in [2.75, 3.05) is 39.1 Å². The van der Waals surface area contributed by atoms with E-state index in [0.29, 0.717) is 0 Å². The van der Waals surface area contributed by atoms with Gasteiger partial charge in [0.05, 0.1) is 6.54 Å². The summed E-state index contributed by atoms with van der Waals surface area (Å²) in [6.07, 6.45) is 4.38. The van der Waals surface area contributed by atoms with E-state index in [1.165, 1.54) is 0 Å². The van der Waals surface area contributed by atoms with Gasteiger partial charge in [0.2, 0.25) is 0 Å². The van der Waals surface area contributed by atoms with Gasteiger partial charge >= 0.3 is 0 Å². The molecule has 1 heterocycles. The maximum atomic E-state index is 5.44. The van der Waals surface area contributed by atoms with Gasteiger partial charge in [-0.05, 0) is 32.9 Å². The fraction of sp³-hybridized carbons (Fsp3) is 0.917. The van der Waals surface area contributed by atoms with E-state index in [1.54, 1.807) is 0 Å². The molecular weight excluding hydrogens is 234 g/mol. The first-order valence-electron chi connectivity index (χ1n) is 6.41. The number of hydrogen-bond acceptors (Lipinski definition) is 3. The van der Waals surface area contributed by atoms with Crippen molar-refractivity contribution < 1.29 is 4.74 Å². The van der Waals surface area contributed by atoms with Crippen molar-refractivity contribution in [2.24, 2.45) is 4.99 Å². The molecule has 0 bridgehead atoms. The Balaban J connectivity index is 2.55. The van der Waals surface area contributed by atoms with E-state index in [9.17, 15) is 0 Å². The zero-order valence-electron chi connectivity index (χ0n) is 11.2. The molecule has 0 spiro atoms. The zero-order valence-corrected chi connectivity index (χ0v) is 12.0. The molecule has 1 aliphatic heterocycles. The molecule has 5 heteroatoms. The van der Waals surface area contributed by atoms with Crippen molar-refractivity contribution in [2.45, 2.75) is 31.4 Å². The van der Waals surface area contributed by atoms with Crippen molar-refractivity contribution in [1.29, 1.82) is 0 Å². The molecule has 4 nitrogen and oxygen atoms in total. The standard InChI is InChI=1S/C12H25N3OS/c1-4-13-11(14-5-2)15-10-12(17-3)6-8-16-9-7-12/h4-10H2,1-3H3,(H2,13,14,15). The number of guanidine groups is 1. The lowest BCUT2D eigenvalue weighted by Crippen LogP contribution is -2.40. The summed E-state index contributed by atoms with van der Waals surface area (Å²) in [5.74, 6) is 0.926. The van der Waals surface area contributed by atoms with Crippen LogP contribution in [0.15, 0.2) is 4.99 Å². The number of nitrogens with one attached hydrogen (secondary N) is 2. The Hall–Kier alpha value is -0.420. The Morgan fingerprint density at radius 3 is 2.29 bits per heavy atom. The highest BCUT2D eigenvalue weighted by atomic mass is 32.2. The molecule has 1 aliphatic rings. The summed E-state index contributed by atoms with van der Waals surface area (Å²) in [6.45, 7) is 8.59. The number of hydrogen-bond donors (Lipinski definition) is 2. The van der Waals surface area contributed by atoms with Crippen LogP contribution in [0.5, 0.6) is 0 Å². The minimum absolute atomic E-state index is 0.272. The SMILES string of the molecule is CCNC(=NCC1(SC)CCOCC1)NCC. The first-order chi connectivity index (χ1) is 8.26. The molecule has 1 saturated heterocycles. The average molecular weight is 259 g/mol. The maximum absolute atomic E-state index is 5.44. The first kappa shape index (κ1) is 14.6. The fourth-order valence-corrected chi connectivity index (χ4v) is 2.67. The molecule has 0 aromatic rings. The van der Waals surface area contributed by atoms with Crippen LogP contribution in [-0.2, 0) is 4.74 Å². The number of ether oxygens (including phenoxy) is 1. The predicted octanol–water partition coefficient (Wildman–Crippen LogP) is 1.47. The summed E-state index contributed by atoms with van der Waals surface area (Å²) >= 11 is 1.93. The molecule has 2 N–H and O–H groups in total. The molecule has 0 radical (unpaired) electrons. The van der Waals surface area contributed by atoms with Crippen molar-refractivity contribution in [3.8, 4) is 0 Å². The van der Waals surface area contributed by atoms with Crippen LogP contribution in [0.4, 0.5) is 0 Å². The third-order valence-electron chi connectivity index (χ3n) is 3.05. The van der Waals surface area contributed by atoms with Crippen molar-refractivity contribution in [3.63, 3.8) is 0 Å². The second-order valence-corrected chi connectivity index (χ2v) is 5.50. The maximum Gasteiger partial charge on any atom is 0.191 e. The van der Waals surface area contributed by atoms with Crippen LogP contribution in [0.3, 0.4) is 0 Å². The van der Waals surface area contributed by atoms with E-state index in [-0.39, 0.29) is 4.75 Å². The summed E-state index contributed by atoms with van der Waals surface area (Å²) in [4.78, 5) is 4.69. The highest BCUT2D eigenvalue weighted by molar-refractivity contribution is 8.00. The van der Waals surface area contributed by atoms with Crippen molar-refractivity contribution in [1.82, 2.24) is 10.6 Å². The third-order valence-corrected chi connectivity index (χ3v) is 4.45. The number of nitrogens with zero attached hydrogens (tertiary/aromatic N) is 1. The van der Waals surface area contributed by atoms with Gasteiger partial charge in [0.25, 0.3) is 0 Å². The molecular formula is C12H25N3OS. The molecule has 100 valence electrons. The number of aliphatic imine (C=N–C) groups is 1. The van der Waals surface area contributed by atoms with E-state index >= 15 is 0 Å². The fourth-order valence-electron chi connectivity index (χ4n) is 1.90. The summed E-state index contributed by atoms with van der Waals surface area (Å²) in [5.41, 5.74) is 0. The predicted molar refractivity (Wildman–Crippen MR) is 76.0 cm³/mol. The van der Waals surface area contributed by atoms with Gasteiger partial charge in [-0.15, -0.1) is 0 Å². The van der Waals surface area contributed by atoms with Crippen LogP contribution in [-0.4, -0.2) is 49.8 Å². The Morgan fingerprint density at radius 2 is 1.82 bits per heavy atom. The Kier molecular flexibility index (Phi) is 6.73. The minimum Gasteiger partial charge on any atom is -0.381 e. The van der Waals surface area contributed by atoms with Gasteiger partial charge in [-0.3, -0.25) is 4.99 Å². The summed E-state index contributed by atoms with van der Waals surface area (Å²) < 4.78 is 5.71. The number of rotatable bonds is 5. The van der Waals surface area contributed by atoms with Crippen molar-refractivity contribution >= 4 is 17.7 Å². The molecule has 0 saturated carbocycles. The Morgan fingerprint density at radius 1 is 1.24 bits per heavy atom. The van der Waals surface area contributed by atoms with E-state index in [4.69, 9.17) is 4.74 Å². The lowest BCUT2D eigenvalue weighted by atomic mass is 9.99. The van der Waals surface area contributed by atoms with Gasteiger partial charge < -0.3 is 15.4 Å². The van der Waals surface area contributed by atoms with Crippen LogP contribution >= 0.6 is 11.8 Å². The largest absolute Gasteiger partial charge is 0.381 e. The van der Waals surface area contributed by atoms with Gasteiger partial charge in [0.1, 0.15) is 0 Å². The molecule has 0 amide bonds. The number of thioether (sulfide) groups is 1. The topological polar surface area (TPSA) is 45.7 Å². The lowest BCUT2D eigenvalue weighted by Gasteiger charge is -2.34. The monoisotopic (exact) mass is 259 g/mol. The molecule has 0 unspecified atom stereocenters. The molecule has 1 fully saturated rings. The van der Waals surface area contributed by atoms with E-state index in [1.807, 2.05) is 11.8 Å². The van der Waals surface area contributed by atoms with Crippen LogP contribution < -0.4 is 10.6 Å². The van der Waals surface area contributed by atoms with Crippen molar-refractivity contribution in [3.05, 3.63) is 0 Å². The van der Waals surface area contributed by atoms with E-state index in [2.05, 4.69) is 35.7 Å². The summed E-state index contributed by atoms with van der Waals surface area (Å²) in [7, 11) is 0. The quantitative estimate of drug-likeness (QED) is 0.580. The lowest BCUT2D eigenvalue weighted by molar-refractivity contribution is 0.0794. The van der Waals surface area contributed by atoms with Gasteiger partial charge in [-0.2, -0.15) is 11.8 Å². The van der Waals surface area contributed by atoms with E-state index in [0.717, 1.165) is 51.6 Å². The minimum atomic E-state index is 0.272. The van der Waals surface area contributed by atoms with E-state index < -0.39 is 0 Å². The molecule has 0 aromatic heterocycles. The Bertz CT molecular complexity index is 232. The molecule has 17 heavy (non-hydrogen) atoms. The first-order valence-corrected chi connectivity index (χ1v) is 7.64. The second kappa shape index (κ2) is 7.82. The van der Waals surface area contributed by atoms with Crippen LogP contribution in [0.2, 0.25) is 0 Å². The highest BCUT2D eigenvalue weighted by Crippen LogP contribution is 2.33. The van der Waals surface area contributed by atoms with Crippen LogP contribution in [0.25, 0.3) is 0 Å². The van der Waals surface area contributed by atoms with Gasteiger partial charge in [0, 0.05) is 31.1 Å². The van der Waals surface area contributed by atoms with Crippen LogP contribution in [0.1, 0.15) is 26.7 Å². The molecule has 0 aliphatic carbocycles. The molecule has 1 rings (SSSR count). The highest BCUT2D eigenvalue weighted by Gasteiger charge is 2.31. The average Bonchev–Trinajstić information content (AvgIpc) is 2.38. The van der Waals surface area contributed by atoms with Gasteiger partial charge in [0.15, 0.2) is 5.96 Å². The van der Waals surface area contributed by atoms with Gasteiger partial charge in [-0.25, -0.2) is 0 Å². The smallest absolute Gasteiger partial charge is 0.191 e. The summed E-state index contributed by atoms with van der Waals surface area (Å²) in [5, 5.41) is 6.53.